The molecule has 0 unspecified atom stereocenters. The highest BCUT2D eigenvalue weighted by atomic mass is 16.5. The van der Waals surface area contributed by atoms with E-state index < -0.39 is 0 Å². The van der Waals surface area contributed by atoms with Gasteiger partial charge in [0.1, 0.15) is 5.75 Å². The van der Waals surface area contributed by atoms with Crippen molar-refractivity contribution in [3.63, 3.8) is 0 Å². The molecule has 1 nitrogen and oxygen atoms in total. The van der Waals surface area contributed by atoms with Gasteiger partial charge in [0.15, 0.2) is 0 Å². The molecule has 1 aliphatic carbocycles. The Hall–Kier alpha value is -2.20. The number of unbranched alkanes of at least 4 members (excludes halogenated alkanes) is 5. The molecule has 2 aromatic rings. The van der Waals surface area contributed by atoms with Gasteiger partial charge in [-0.25, -0.2) is 0 Å². The summed E-state index contributed by atoms with van der Waals surface area (Å²) >= 11 is 0. The molecule has 0 amide bonds. The Bertz CT molecular complexity index is 814. The molecule has 0 aliphatic heterocycles. The minimum Gasteiger partial charge on any atom is -0.494 e. The first-order chi connectivity index (χ1) is 15.8. The highest BCUT2D eigenvalue weighted by molar-refractivity contribution is 5.65. The van der Waals surface area contributed by atoms with Gasteiger partial charge in [-0.15, -0.1) is 0 Å². The zero-order valence-electron chi connectivity index (χ0n) is 20.4. The van der Waals surface area contributed by atoms with Crippen molar-refractivity contribution in [1.29, 1.82) is 0 Å². The van der Waals surface area contributed by atoms with Crippen LogP contribution in [0.15, 0.2) is 48.5 Å². The van der Waals surface area contributed by atoms with E-state index in [1.165, 1.54) is 81.8 Å². The van der Waals surface area contributed by atoms with Gasteiger partial charge in [0, 0.05) is 11.5 Å². The van der Waals surface area contributed by atoms with Crippen LogP contribution in [0.2, 0.25) is 0 Å². The maximum atomic E-state index is 5.68. The van der Waals surface area contributed by atoms with E-state index in [4.69, 9.17) is 4.74 Å². The summed E-state index contributed by atoms with van der Waals surface area (Å²) in [4.78, 5) is 0. The average molecular weight is 431 g/mol. The van der Waals surface area contributed by atoms with Crippen LogP contribution in [0.5, 0.6) is 5.75 Å². The Morgan fingerprint density at radius 1 is 0.719 bits per heavy atom. The SMILES string of the molecule is CCCCCCCC[C@H]1CC[C@H](C#Cc2ccc(-c3ccc(OCCC)cc3)cc2)CC1. The second-order valence-electron chi connectivity index (χ2n) is 9.49. The molecule has 0 aromatic heterocycles. The molecule has 0 radical (unpaired) electrons. The van der Waals surface area contributed by atoms with Gasteiger partial charge in [0.05, 0.1) is 6.61 Å². The van der Waals surface area contributed by atoms with Crippen LogP contribution >= 0.6 is 0 Å². The van der Waals surface area contributed by atoms with Crippen LogP contribution in [0.1, 0.15) is 96.5 Å². The van der Waals surface area contributed by atoms with Gasteiger partial charge in [-0.2, -0.15) is 0 Å². The highest BCUT2D eigenvalue weighted by Crippen LogP contribution is 2.32. The fraction of sp³-hybridized carbons (Fsp3) is 0.548. The van der Waals surface area contributed by atoms with Crippen LogP contribution in [-0.4, -0.2) is 6.61 Å². The minimum atomic E-state index is 0.589. The van der Waals surface area contributed by atoms with E-state index in [1.807, 2.05) is 0 Å². The number of benzene rings is 2. The van der Waals surface area contributed by atoms with Gasteiger partial charge in [-0.05, 0) is 73.4 Å². The van der Waals surface area contributed by atoms with E-state index in [9.17, 15) is 0 Å². The molecule has 32 heavy (non-hydrogen) atoms. The number of rotatable bonds is 11. The lowest BCUT2D eigenvalue weighted by atomic mass is 9.80. The molecule has 1 saturated carbocycles. The smallest absolute Gasteiger partial charge is 0.119 e. The molecule has 0 atom stereocenters. The van der Waals surface area contributed by atoms with Crippen LogP contribution in [0.3, 0.4) is 0 Å². The van der Waals surface area contributed by atoms with Crippen molar-refractivity contribution in [2.45, 2.75) is 90.9 Å². The molecule has 0 heterocycles. The normalized spacial score (nSPS) is 18.1. The van der Waals surface area contributed by atoms with Crippen molar-refractivity contribution in [2.24, 2.45) is 11.8 Å². The summed E-state index contributed by atoms with van der Waals surface area (Å²) in [7, 11) is 0. The summed E-state index contributed by atoms with van der Waals surface area (Å²) in [6.45, 7) is 5.19. The van der Waals surface area contributed by atoms with Crippen molar-refractivity contribution in [3.8, 4) is 28.7 Å². The minimum absolute atomic E-state index is 0.589. The summed E-state index contributed by atoms with van der Waals surface area (Å²) in [5, 5.41) is 0. The van der Waals surface area contributed by atoms with Crippen molar-refractivity contribution < 1.29 is 4.74 Å². The first-order valence-corrected chi connectivity index (χ1v) is 13.1. The van der Waals surface area contributed by atoms with E-state index in [2.05, 4.69) is 74.2 Å². The van der Waals surface area contributed by atoms with Gasteiger partial charge in [0.25, 0.3) is 0 Å². The molecule has 1 fully saturated rings. The molecule has 1 heteroatoms. The third kappa shape index (κ3) is 8.38. The molecule has 0 saturated heterocycles. The molecule has 1 aliphatic rings. The Labute approximate surface area is 197 Å². The molecular weight excluding hydrogens is 388 g/mol. The van der Waals surface area contributed by atoms with Crippen molar-refractivity contribution in [3.05, 3.63) is 54.1 Å². The molecular formula is C31H42O. The van der Waals surface area contributed by atoms with Crippen LogP contribution in [0.4, 0.5) is 0 Å². The Kier molecular flexibility index (Phi) is 10.7. The molecule has 2 aromatic carbocycles. The lowest BCUT2D eigenvalue weighted by Gasteiger charge is -2.25. The Morgan fingerprint density at radius 3 is 2.00 bits per heavy atom. The topological polar surface area (TPSA) is 9.23 Å². The molecule has 0 bridgehead atoms. The zero-order valence-corrected chi connectivity index (χ0v) is 20.4. The van der Waals surface area contributed by atoms with Gasteiger partial charge in [-0.1, -0.05) is 94.9 Å². The molecule has 172 valence electrons. The monoisotopic (exact) mass is 430 g/mol. The predicted octanol–water partition coefficient (Wildman–Crippen LogP) is 9.05. The average Bonchev–Trinajstić information content (AvgIpc) is 2.85. The lowest BCUT2D eigenvalue weighted by molar-refractivity contribution is 0.293. The number of hydrogen-bond acceptors (Lipinski definition) is 1. The largest absolute Gasteiger partial charge is 0.494 e. The summed E-state index contributed by atoms with van der Waals surface area (Å²) in [5.41, 5.74) is 3.58. The van der Waals surface area contributed by atoms with Crippen LogP contribution < -0.4 is 4.74 Å². The molecule has 3 rings (SSSR count). The van der Waals surface area contributed by atoms with Crippen LogP contribution in [0, 0.1) is 23.7 Å². The van der Waals surface area contributed by atoms with Crippen LogP contribution in [-0.2, 0) is 0 Å². The zero-order chi connectivity index (χ0) is 22.4. The van der Waals surface area contributed by atoms with Gasteiger partial charge >= 0.3 is 0 Å². The quantitative estimate of drug-likeness (QED) is 0.255. The van der Waals surface area contributed by atoms with Gasteiger partial charge < -0.3 is 4.74 Å². The van der Waals surface area contributed by atoms with Gasteiger partial charge in [-0.3, -0.25) is 0 Å². The Balaban J connectivity index is 1.40. The third-order valence-electron chi connectivity index (χ3n) is 6.78. The highest BCUT2D eigenvalue weighted by Gasteiger charge is 2.19. The Morgan fingerprint density at radius 2 is 1.34 bits per heavy atom. The molecule has 0 spiro atoms. The standard InChI is InChI=1S/C31H42O/c1-3-5-6-7-8-9-10-26-11-13-27(14-12-26)15-16-28-17-19-29(20-18-28)30-21-23-31(24-22-30)32-25-4-2/h17-24,26-27H,3-14,25H2,1-2H3/t26-,27-. The maximum Gasteiger partial charge on any atom is 0.119 e. The fourth-order valence-corrected chi connectivity index (χ4v) is 4.70. The van der Waals surface area contributed by atoms with E-state index >= 15 is 0 Å². The third-order valence-corrected chi connectivity index (χ3v) is 6.78. The number of hydrogen-bond donors (Lipinski definition) is 0. The van der Waals surface area contributed by atoms with Crippen LogP contribution in [0.25, 0.3) is 11.1 Å². The summed E-state index contributed by atoms with van der Waals surface area (Å²) < 4.78 is 5.68. The maximum absolute atomic E-state index is 5.68. The van der Waals surface area contributed by atoms with E-state index in [0.717, 1.165) is 30.3 Å². The lowest BCUT2D eigenvalue weighted by Crippen LogP contribution is -2.13. The number of ether oxygens (including phenoxy) is 1. The second kappa shape index (κ2) is 14.1. The first-order valence-electron chi connectivity index (χ1n) is 13.1. The van der Waals surface area contributed by atoms with Crippen molar-refractivity contribution in [1.82, 2.24) is 0 Å². The fourth-order valence-electron chi connectivity index (χ4n) is 4.70. The van der Waals surface area contributed by atoms with Crippen molar-refractivity contribution >= 4 is 0 Å². The van der Waals surface area contributed by atoms with E-state index in [-0.39, 0.29) is 0 Å². The summed E-state index contributed by atoms with van der Waals surface area (Å²) in [6, 6.07) is 17.1. The first kappa shape index (κ1) is 24.4. The van der Waals surface area contributed by atoms with Gasteiger partial charge in [0.2, 0.25) is 0 Å². The summed E-state index contributed by atoms with van der Waals surface area (Å²) in [6.07, 6.45) is 16.3. The van der Waals surface area contributed by atoms with E-state index in [0.29, 0.717) is 5.92 Å². The second-order valence-corrected chi connectivity index (χ2v) is 9.49. The van der Waals surface area contributed by atoms with E-state index in [1.54, 1.807) is 0 Å². The predicted molar refractivity (Wildman–Crippen MR) is 138 cm³/mol. The van der Waals surface area contributed by atoms with Crippen molar-refractivity contribution in [2.75, 3.05) is 6.61 Å². The summed E-state index contributed by atoms with van der Waals surface area (Å²) in [5.74, 6) is 9.50. The molecule has 0 N–H and O–H groups in total.